The van der Waals surface area contributed by atoms with Crippen LogP contribution in [0.2, 0.25) is 0 Å². The van der Waals surface area contributed by atoms with Crippen LogP contribution in [0, 0.1) is 23.7 Å². The van der Waals surface area contributed by atoms with Gasteiger partial charge in [-0.25, -0.2) is 0 Å². The minimum absolute atomic E-state index is 0.112. The molecule has 0 bridgehead atoms. The quantitative estimate of drug-likeness (QED) is 0.722. The first kappa shape index (κ1) is 10.6. The SMILES string of the molecule is O=C(O)C1CCC1NCC(C1CC1)C1CC1. The van der Waals surface area contributed by atoms with Crippen LogP contribution in [-0.4, -0.2) is 23.7 Å². The van der Waals surface area contributed by atoms with E-state index in [9.17, 15) is 4.79 Å². The molecule has 3 rings (SSSR count). The Kier molecular flexibility index (Phi) is 2.66. The van der Waals surface area contributed by atoms with E-state index in [0.717, 1.165) is 37.1 Å². The number of nitrogens with one attached hydrogen (secondary N) is 1. The van der Waals surface area contributed by atoms with Gasteiger partial charge in [0.25, 0.3) is 0 Å². The highest BCUT2D eigenvalue weighted by atomic mass is 16.4. The highest BCUT2D eigenvalue weighted by molar-refractivity contribution is 5.72. The Bertz CT molecular complexity index is 272. The highest BCUT2D eigenvalue weighted by Gasteiger charge is 2.43. The van der Waals surface area contributed by atoms with Crippen molar-refractivity contribution < 1.29 is 9.90 Å². The molecule has 2 unspecified atom stereocenters. The van der Waals surface area contributed by atoms with Gasteiger partial charge in [0.2, 0.25) is 0 Å². The molecule has 3 aliphatic carbocycles. The lowest BCUT2D eigenvalue weighted by atomic mass is 9.79. The predicted octanol–water partition coefficient (Wildman–Crippen LogP) is 1.88. The molecule has 2 atom stereocenters. The van der Waals surface area contributed by atoms with E-state index in [1.54, 1.807) is 0 Å². The van der Waals surface area contributed by atoms with Crippen molar-refractivity contribution in [1.82, 2.24) is 5.32 Å². The minimum Gasteiger partial charge on any atom is -0.481 e. The molecule has 90 valence electrons. The molecular formula is C13H21NO2. The molecule has 2 N–H and O–H groups in total. The van der Waals surface area contributed by atoms with Gasteiger partial charge in [0.1, 0.15) is 0 Å². The minimum atomic E-state index is -0.613. The predicted molar refractivity (Wildman–Crippen MR) is 61.1 cm³/mol. The Hall–Kier alpha value is -0.570. The standard InChI is InChI=1S/C13H21NO2/c15-13(16)10-5-6-12(10)14-7-11(8-1-2-8)9-3-4-9/h8-12,14H,1-7H2,(H,15,16). The van der Waals surface area contributed by atoms with Gasteiger partial charge in [-0.1, -0.05) is 0 Å². The second kappa shape index (κ2) is 4.02. The molecular weight excluding hydrogens is 202 g/mol. The Morgan fingerprint density at radius 1 is 1.12 bits per heavy atom. The third-order valence-corrected chi connectivity index (χ3v) is 4.66. The zero-order valence-corrected chi connectivity index (χ0v) is 9.69. The summed E-state index contributed by atoms with van der Waals surface area (Å²) in [6, 6.07) is 0.262. The highest BCUT2D eigenvalue weighted by Crippen LogP contribution is 2.49. The number of carboxylic acid groups (broad SMARTS) is 1. The third kappa shape index (κ3) is 2.10. The van der Waals surface area contributed by atoms with Crippen molar-refractivity contribution in [3.8, 4) is 0 Å². The van der Waals surface area contributed by atoms with E-state index in [4.69, 9.17) is 5.11 Å². The van der Waals surface area contributed by atoms with Crippen molar-refractivity contribution in [3.63, 3.8) is 0 Å². The van der Waals surface area contributed by atoms with E-state index in [1.165, 1.54) is 25.7 Å². The van der Waals surface area contributed by atoms with E-state index >= 15 is 0 Å². The van der Waals surface area contributed by atoms with Gasteiger partial charge >= 0.3 is 5.97 Å². The van der Waals surface area contributed by atoms with Crippen LogP contribution < -0.4 is 5.32 Å². The summed E-state index contributed by atoms with van der Waals surface area (Å²) >= 11 is 0. The average Bonchev–Trinajstić information content (AvgIpc) is 2.99. The summed E-state index contributed by atoms with van der Waals surface area (Å²) in [5.41, 5.74) is 0. The van der Waals surface area contributed by atoms with Crippen molar-refractivity contribution in [1.29, 1.82) is 0 Å². The van der Waals surface area contributed by atoms with Crippen molar-refractivity contribution >= 4 is 5.97 Å². The van der Waals surface area contributed by atoms with Gasteiger partial charge in [-0.05, 0) is 62.8 Å². The summed E-state index contributed by atoms with van der Waals surface area (Å²) in [6.45, 7) is 1.07. The van der Waals surface area contributed by atoms with Crippen molar-refractivity contribution in [3.05, 3.63) is 0 Å². The smallest absolute Gasteiger partial charge is 0.308 e. The third-order valence-electron chi connectivity index (χ3n) is 4.66. The average molecular weight is 223 g/mol. The molecule has 0 aromatic carbocycles. The van der Waals surface area contributed by atoms with Crippen molar-refractivity contribution in [2.45, 2.75) is 44.6 Å². The number of carbonyl (C=O) groups is 1. The summed E-state index contributed by atoms with van der Waals surface area (Å²) in [7, 11) is 0. The van der Waals surface area contributed by atoms with Crippen LogP contribution in [0.1, 0.15) is 38.5 Å². The normalized spacial score (nSPS) is 33.8. The van der Waals surface area contributed by atoms with Crippen LogP contribution in [-0.2, 0) is 4.79 Å². The molecule has 0 amide bonds. The number of aliphatic carboxylic acids is 1. The van der Waals surface area contributed by atoms with Gasteiger partial charge in [0.05, 0.1) is 5.92 Å². The largest absolute Gasteiger partial charge is 0.481 e. The Morgan fingerprint density at radius 3 is 2.12 bits per heavy atom. The van der Waals surface area contributed by atoms with Crippen LogP contribution in [0.4, 0.5) is 0 Å². The Balaban J connectivity index is 1.46. The van der Waals surface area contributed by atoms with Crippen LogP contribution in [0.15, 0.2) is 0 Å². The van der Waals surface area contributed by atoms with Gasteiger partial charge < -0.3 is 10.4 Å². The monoisotopic (exact) mass is 223 g/mol. The molecule has 3 saturated carbocycles. The summed E-state index contributed by atoms with van der Waals surface area (Å²) < 4.78 is 0. The summed E-state index contributed by atoms with van der Waals surface area (Å²) in [6.07, 6.45) is 7.57. The lowest BCUT2D eigenvalue weighted by molar-refractivity contribution is -0.146. The molecule has 0 heterocycles. The Labute approximate surface area is 96.6 Å². The molecule has 3 fully saturated rings. The van der Waals surface area contributed by atoms with Crippen LogP contribution in [0.5, 0.6) is 0 Å². The maximum absolute atomic E-state index is 10.9. The first-order valence-corrected chi connectivity index (χ1v) is 6.72. The van der Waals surface area contributed by atoms with E-state index in [0.29, 0.717) is 0 Å². The molecule has 16 heavy (non-hydrogen) atoms. The first-order chi connectivity index (χ1) is 7.75. The van der Waals surface area contributed by atoms with Crippen LogP contribution >= 0.6 is 0 Å². The summed E-state index contributed by atoms with van der Waals surface area (Å²) in [4.78, 5) is 10.9. The number of hydrogen-bond acceptors (Lipinski definition) is 2. The van der Waals surface area contributed by atoms with Gasteiger partial charge in [-0.15, -0.1) is 0 Å². The lowest BCUT2D eigenvalue weighted by Gasteiger charge is -2.35. The van der Waals surface area contributed by atoms with Gasteiger partial charge in [0, 0.05) is 6.04 Å². The Morgan fingerprint density at radius 2 is 1.75 bits per heavy atom. The van der Waals surface area contributed by atoms with Crippen molar-refractivity contribution in [2.24, 2.45) is 23.7 Å². The van der Waals surface area contributed by atoms with Gasteiger partial charge in [-0.2, -0.15) is 0 Å². The molecule has 0 aromatic heterocycles. The van der Waals surface area contributed by atoms with Gasteiger partial charge in [-0.3, -0.25) is 4.79 Å². The fourth-order valence-electron chi connectivity index (χ4n) is 3.09. The molecule has 0 aliphatic heterocycles. The molecule has 0 saturated heterocycles. The number of hydrogen-bond donors (Lipinski definition) is 2. The zero-order valence-electron chi connectivity index (χ0n) is 9.69. The van der Waals surface area contributed by atoms with Gasteiger partial charge in [0.15, 0.2) is 0 Å². The van der Waals surface area contributed by atoms with Crippen LogP contribution in [0.25, 0.3) is 0 Å². The summed E-state index contributed by atoms with van der Waals surface area (Å²) in [5, 5.41) is 12.5. The van der Waals surface area contributed by atoms with Crippen LogP contribution in [0.3, 0.4) is 0 Å². The second-order valence-electron chi connectivity index (χ2n) is 5.88. The summed E-state index contributed by atoms with van der Waals surface area (Å²) in [5.74, 6) is 2.05. The molecule has 3 aliphatic rings. The first-order valence-electron chi connectivity index (χ1n) is 6.72. The molecule has 3 heteroatoms. The number of carboxylic acids is 1. The van der Waals surface area contributed by atoms with E-state index in [-0.39, 0.29) is 12.0 Å². The maximum atomic E-state index is 10.9. The van der Waals surface area contributed by atoms with E-state index in [2.05, 4.69) is 5.32 Å². The molecule has 0 radical (unpaired) electrons. The fraction of sp³-hybridized carbons (Fsp3) is 0.923. The zero-order chi connectivity index (χ0) is 11.1. The second-order valence-corrected chi connectivity index (χ2v) is 5.88. The lowest BCUT2D eigenvalue weighted by Crippen LogP contribution is -2.49. The van der Waals surface area contributed by atoms with Crippen molar-refractivity contribution in [2.75, 3.05) is 6.54 Å². The fourth-order valence-corrected chi connectivity index (χ4v) is 3.09. The molecule has 0 aromatic rings. The van der Waals surface area contributed by atoms with E-state index in [1.807, 2.05) is 0 Å². The topological polar surface area (TPSA) is 49.3 Å². The molecule has 3 nitrogen and oxygen atoms in total. The molecule has 0 spiro atoms. The maximum Gasteiger partial charge on any atom is 0.308 e. The van der Waals surface area contributed by atoms with E-state index < -0.39 is 5.97 Å². The number of rotatable bonds is 6.